The van der Waals surface area contributed by atoms with Gasteiger partial charge >= 0.3 is 23.0 Å². The molecule has 0 bridgehead atoms. The van der Waals surface area contributed by atoms with Crippen molar-refractivity contribution in [1.29, 1.82) is 0 Å². The fraction of sp³-hybridized carbons (Fsp3) is 0.443. The summed E-state index contributed by atoms with van der Waals surface area (Å²) in [7, 11) is -4.21. The highest BCUT2D eigenvalue weighted by Gasteiger charge is 2.37. The number of aromatic nitrogens is 3. The summed E-state index contributed by atoms with van der Waals surface area (Å²) in [6.45, 7) is 11.4. The topological polar surface area (TPSA) is 303 Å². The average molecular weight is 1490 g/mol. The molecule has 1 saturated carbocycles. The van der Waals surface area contributed by atoms with Crippen LogP contribution in [0.5, 0.6) is 5.75 Å². The third-order valence-electron chi connectivity index (χ3n) is 14.2. The number of sulfone groups is 1. The van der Waals surface area contributed by atoms with E-state index in [9.17, 15) is 59.3 Å². The van der Waals surface area contributed by atoms with Crippen LogP contribution < -0.4 is 29.9 Å². The summed E-state index contributed by atoms with van der Waals surface area (Å²) >= 11 is 25.2. The predicted octanol–water partition coefficient (Wildman–Crippen LogP) is 11.5. The number of fused-ring (bicyclic) bond motifs is 2. The standard InChI is InChI=1S/C15H15ClFN3O3S2.C15H22ClNO2.C15H12F3NO4S.C11H11Cl2NO2.C5H12NO4P/c1-23-13(21)8-24-12-7-11(10(17)6-9(12)16)18-14-19-4-2-3-5-20(19)15(22)25-14;1-5-13-8-6-7-11(2)15(13)17(14(18)9-16)12(3)10-19-4;1-24(21,22)12-6-9(15(16,17)18)4-5-10(12)13(20)11-7-19-23-14(11)8-2-3-8;1-7-6-16-9-5-3-2-4-8(9)14(7)11(15)10(12)13;1-11(9,10)3-2-4(6)5(7)8/h6-7H,2-5,8H2,1H3;6-8,12H,5,9-10H2,1-4H3;4-8H,2-3H2,1H3;2-5,7,10H,6H2,1H3;4H,2-3,6H2,1H3,(H,7,8)(H,9,10)/b18-14-;;;;. The maximum atomic E-state index is 14.3. The number of carbonyl (C=O) groups excluding carboxylic acids is 4. The van der Waals surface area contributed by atoms with Gasteiger partial charge in [0.05, 0.1) is 70.2 Å². The smallest absolute Gasteiger partial charge is 0.416 e. The van der Waals surface area contributed by atoms with Gasteiger partial charge in [-0.3, -0.25) is 38.0 Å². The number of methoxy groups -OCH3 is 2. The number of esters is 1. The number of anilines is 2. The molecule has 34 heteroatoms. The number of hydrogen-bond acceptors (Lipinski definition) is 18. The molecule has 22 nitrogen and oxygen atoms in total. The van der Waals surface area contributed by atoms with E-state index in [1.165, 1.54) is 26.0 Å². The van der Waals surface area contributed by atoms with Crippen molar-refractivity contribution in [3.63, 3.8) is 0 Å². The van der Waals surface area contributed by atoms with Crippen LogP contribution in [0, 0.1) is 12.7 Å². The Bertz CT molecular complexity index is 3990. The van der Waals surface area contributed by atoms with Crippen molar-refractivity contribution in [2.24, 2.45) is 10.7 Å². The van der Waals surface area contributed by atoms with Crippen LogP contribution in [0.4, 0.5) is 34.6 Å². The van der Waals surface area contributed by atoms with E-state index in [4.69, 9.17) is 76.1 Å². The van der Waals surface area contributed by atoms with Crippen LogP contribution in [0.25, 0.3) is 0 Å². The first-order valence-corrected chi connectivity index (χ1v) is 36.9. The number of alkyl halides is 6. The normalized spacial score (nSPS) is 15.6. The molecule has 2 aromatic heterocycles. The summed E-state index contributed by atoms with van der Waals surface area (Å²) in [5, 5.41) is 12.0. The summed E-state index contributed by atoms with van der Waals surface area (Å²) in [5.41, 5.74) is 7.73. The van der Waals surface area contributed by atoms with Crippen LogP contribution in [-0.4, -0.2) is 144 Å². The second-order valence-corrected chi connectivity index (χ2v) is 30.0. The minimum absolute atomic E-state index is 0.0223. The van der Waals surface area contributed by atoms with Crippen LogP contribution in [-0.2, 0) is 68.7 Å². The Balaban J connectivity index is 0.000000220. The number of rotatable bonds is 19. The van der Waals surface area contributed by atoms with E-state index in [0.29, 0.717) is 59.6 Å². The van der Waals surface area contributed by atoms with Crippen LogP contribution >= 0.6 is 76.9 Å². The summed E-state index contributed by atoms with van der Waals surface area (Å²) in [6.07, 6.45) is 1.63. The minimum Gasteiger partial charge on any atom is -0.489 e. The second kappa shape index (κ2) is 35.9. The van der Waals surface area contributed by atoms with Crippen LogP contribution in [0.3, 0.4) is 0 Å². The summed E-state index contributed by atoms with van der Waals surface area (Å²) in [5.74, 6) is -2.13. The number of ketones is 1. The maximum absolute atomic E-state index is 14.3. The van der Waals surface area contributed by atoms with E-state index < -0.39 is 68.3 Å². The number of ether oxygens (including phenoxy) is 3. The van der Waals surface area contributed by atoms with Crippen molar-refractivity contribution in [1.82, 2.24) is 14.5 Å². The molecule has 2 aliphatic heterocycles. The van der Waals surface area contributed by atoms with Gasteiger partial charge in [0.2, 0.25) is 10.7 Å². The zero-order valence-corrected chi connectivity index (χ0v) is 59.1. The van der Waals surface area contributed by atoms with Gasteiger partial charge in [0.25, 0.3) is 5.91 Å². The molecule has 3 aliphatic rings. The Morgan fingerprint density at radius 2 is 1.67 bits per heavy atom. The van der Waals surface area contributed by atoms with Crippen LogP contribution in [0.15, 0.2) is 103 Å². The van der Waals surface area contributed by atoms with Gasteiger partial charge in [0.15, 0.2) is 33.6 Å². The highest BCUT2D eigenvalue weighted by molar-refractivity contribution is 8.00. The zero-order valence-electron chi connectivity index (χ0n) is 52.7. The Morgan fingerprint density at radius 3 is 2.25 bits per heavy atom. The number of halogens is 8. The van der Waals surface area contributed by atoms with E-state index in [2.05, 4.69) is 27.9 Å². The molecule has 6 aromatic rings. The van der Waals surface area contributed by atoms with E-state index in [1.54, 1.807) is 26.3 Å². The fourth-order valence-corrected chi connectivity index (χ4v) is 13.4. The molecule has 0 saturated heterocycles. The highest BCUT2D eigenvalue weighted by Crippen LogP contribution is 2.43. The lowest BCUT2D eigenvalue weighted by Crippen LogP contribution is -2.47. The molecule has 95 heavy (non-hydrogen) atoms. The first kappa shape index (κ1) is 79.6. The molecule has 2 amide bonds. The van der Waals surface area contributed by atoms with E-state index in [-0.39, 0.29) is 80.7 Å². The van der Waals surface area contributed by atoms with Crippen molar-refractivity contribution in [2.75, 3.05) is 67.9 Å². The Morgan fingerprint density at radius 1 is 1.01 bits per heavy atom. The monoisotopic (exact) mass is 1490 g/mol. The SMILES string of the molecule is CC1COc2ccccc2N1C(=O)C(Cl)Cl.CCc1cccc(C)c1N(C(=O)CCl)C(C)COC.COC(=O)CSc1cc(/N=c2\sc(=O)n3n2CCCC3)c(F)cc1Cl.CP(=O)(O)CCC(N)C(=O)O.CS(=O)(=O)c1cc(C(F)(F)F)ccc1C(=O)c1cnoc1C1CC1. The molecule has 4 N–H and O–H groups in total. The first-order chi connectivity index (χ1) is 44.6. The highest BCUT2D eigenvalue weighted by atomic mass is 35.5. The van der Waals surface area contributed by atoms with E-state index in [1.807, 2.05) is 57.2 Å². The lowest BCUT2D eigenvalue weighted by molar-refractivity contribution is -0.139. The van der Waals surface area contributed by atoms with E-state index >= 15 is 0 Å². The number of amides is 2. The quantitative estimate of drug-likeness (QED) is 0.0169. The van der Waals surface area contributed by atoms with Crippen LogP contribution in [0.1, 0.15) is 97.2 Å². The van der Waals surface area contributed by atoms with Gasteiger partial charge in [-0.2, -0.15) is 13.2 Å². The number of carboxylic acids is 1. The number of thioether (sulfide) groups is 1. The molecular weight excluding hydrogens is 1420 g/mol. The third kappa shape index (κ3) is 22.7. The summed E-state index contributed by atoms with van der Waals surface area (Å²) in [6, 6.07) is 17.0. The average Bonchev–Trinajstić information content (AvgIpc) is 1.77. The first-order valence-electron chi connectivity index (χ1n) is 29.1. The number of carboxylic acid groups (broad SMARTS) is 1. The number of aryl methyl sites for hydroxylation is 2. The zero-order chi connectivity index (χ0) is 70.9. The van der Waals surface area contributed by atoms with Crippen molar-refractivity contribution in [3.05, 3.63) is 138 Å². The number of para-hydroxylation sites is 3. The Kier molecular flexibility index (Phi) is 30.1. The molecule has 520 valence electrons. The maximum Gasteiger partial charge on any atom is 0.416 e. The van der Waals surface area contributed by atoms with Crippen molar-refractivity contribution >= 4 is 133 Å². The van der Waals surface area contributed by atoms with Gasteiger partial charge in [-0.15, -0.1) is 23.4 Å². The van der Waals surface area contributed by atoms with Gasteiger partial charge in [0, 0.05) is 55.7 Å². The largest absolute Gasteiger partial charge is 0.489 e. The molecule has 0 radical (unpaired) electrons. The number of carbonyl (C=O) groups is 5. The number of nitrogens with two attached hydrogens (primary N) is 1. The number of benzene rings is 4. The molecular formula is C61H72Cl4F4N7O15PS3. The minimum atomic E-state index is -4.71. The van der Waals surface area contributed by atoms with Gasteiger partial charge < -0.3 is 44.3 Å². The Hall–Kier alpha value is -6.11. The molecule has 4 heterocycles. The van der Waals surface area contributed by atoms with Gasteiger partial charge in [-0.1, -0.05) is 77.2 Å². The van der Waals surface area contributed by atoms with E-state index in [0.717, 1.165) is 96.1 Å². The number of aliphatic carboxylic acids is 1. The fourth-order valence-electron chi connectivity index (χ4n) is 9.39. The Labute approximate surface area is 573 Å². The van der Waals surface area contributed by atoms with Gasteiger partial charge in [0.1, 0.15) is 35.8 Å². The van der Waals surface area contributed by atoms with Crippen molar-refractivity contribution in [2.45, 2.75) is 124 Å². The van der Waals surface area contributed by atoms with Gasteiger partial charge in [-0.05, 0) is 124 Å². The lowest BCUT2D eigenvalue weighted by Gasteiger charge is -2.35. The van der Waals surface area contributed by atoms with Crippen LogP contribution in [0.2, 0.25) is 5.02 Å². The van der Waals surface area contributed by atoms with Crippen molar-refractivity contribution < 1.29 is 83.3 Å². The summed E-state index contributed by atoms with van der Waals surface area (Å²) < 4.78 is 111. The third-order valence-corrected chi connectivity index (χ3v) is 19.4. The van der Waals surface area contributed by atoms with Crippen molar-refractivity contribution in [3.8, 4) is 5.75 Å². The number of nitrogens with zero attached hydrogens (tertiary/aromatic N) is 6. The second-order valence-electron chi connectivity index (χ2n) is 21.8. The molecule has 1 aliphatic carbocycles. The van der Waals surface area contributed by atoms with Gasteiger partial charge in [-0.25, -0.2) is 22.5 Å². The molecule has 4 aromatic carbocycles. The number of hydrogen-bond donors (Lipinski definition) is 3. The molecule has 0 spiro atoms. The lowest BCUT2D eigenvalue weighted by atomic mass is 10.0. The summed E-state index contributed by atoms with van der Waals surface area (Å²) in [4.78, 5) is 85.7. The molecule has 1 fully saturated rings. The molecule has 4 atom stereocenters. The predicted molar refractivity (Wildman–Crippen MR) is 357 cm³/mol. The molecule has 4 unspecified atom stereocenters. The molecule has 9 rings (SSSR count).